The highest BCUT2D eigenvalue weighted by Crippen LogP contribution is 2.15. The lowest BCUT2D eigenvalue weighted by molar-refractivity contribution is -0.136. The molecular formula is C41H82N2O5S. The fraction of sp³-hybridized carbons (Fsp3) is 0.951. The maximum atomic E-state index is 13.4. The van der Waals surface area contributed by atoms with E-state index in [0.717, 1.165) is 38.8 Å². The Bertz CT molecular complexity index is 819. The fourth-order valence-corrected chi connectivity index (χ4v) is 7.29. The van der Waals surface area contributed by atoms with Crippen molar-refractivity contribution in [3.63, 3.8) is 0 Å². The van der Waals surface area contributed by atoms with Crippen molar-refractivity contribution in [3.05, 3.63) is 0 Å². The zero-order valence-corrected chi connectivity index (χ0v) is 33.6. The van der Waals surface area contributed by atoms with E-state index in [2.05, 4.69) is 19.2 Å². The molecule has 0 aromatic heterocycles. The summed E-state index contributed by atoms with van der Waals surface area (Å²) in [4.78, 5) is 27.9. The third-order valence-corrected chi connectivity index (χ3v) is 10.7. The van der Waals surface area contributed by atoms with Crippen molar-refractivity contribution >= 4 is 21.9 Å². The first-order valence-corrected chi connectivity index (χ1v) is 22.9. The Morgan fingerprint density at radius 1 is 0.510 bits per heavy atom. The lowest BCUT2D eigenvalue weighted by atomic mass is 10.0. The zero-order chi connectivity index (χ0) is 36.3. The van der Waals surface area contributed by atoms with Crippen molar-refractivity contribution in [2.75, 3.05) is 18.8 Å². The van der Waals surface area contributed by atoms with Gasteiger partial charge in [0, 0.05) is 19.5 Å². The predicted octanol–water partition coefficient (Wildman–Crippen LogP) is 11.7. The molecule has 0 bridgehead atoms. The first-order valence-electron chi connectivity index (χ1n) is 21.2. The van der Waals surface area contributed by atoms with E-state index in [1.165, 1.54) is 154 Å². The second kappa shape index (κ2) is 35.3. The van der Waals surface area contributed by atoms with E-state index in [1.807, 2.05) is 4.90 Å². The molecule has 292 valence electrons. The molecular weight excluding hydrogens is 633 g/mol. The Labute approximate surface area is 305 Å². The first kappa shape index (κ1) is 47.8. The van der Waals surface area contributed by atoms with E-state index in [0.29, 0.717) is 19.3 Å². The van der Waals surface area contributed by atoms with E-state index >= 15 is 0 Å². The molecule has 8 heteroatoms. The maximum Gasteiger partial charge on any atom is 0.264 e. The van der Waals surface area contributed by atoms with Gasteiger partial charge in [-0.3, -0.25) is 14.1 Å². The van der Waals surface area contributed by atoms with Gasteiger partial charge in [-0.05, 0) is 32.6 Å². The van der Waals surface area contributed by atoms with E-state index < -0.39 is 16.2 Å². The molecule has 0 heterocycles. The molecule has 49 heavy (non-hydrogen) atoms. The van der Waals surface area contributed by atoms with Crippen molar-refractivity contribution in [2.24, 2.45) is 0 Å². The number of hydrogen-bond donors (Lipinski definition) is 2. The van der Waals surface area contributed by atoms with E-state index in [4.69, 9.17) is 4.55 Å². The van der Waals surface area contributed by atoms with Crippen molar-refractivity contribution in [1.29, 1.82) is 0 Å². The highest BCUT2D eigenvalue weighted by molar-refractivity contribution is 7.85. The molecule has 2 amide bonds. The lowest BCUT2D eigenvalue weighted by Gasteiger charge is -2.26. The highest BCUT2D eigenvalue weighted by atomic mass is 32.2. The van der Waals surface area contributed by atoms with Gasteiger partial charge < -0.3 is 10.2 Å². The summed E-state index contributed by atoms with van der Waals surface area (Å²) in [6, 6.07) is -0.566. The molecule has 0 aliphatic heterocycles. The normalized spacial score (nSPS) is 12.3. The fourth-order valence-electron chi connectivity index (χ4n) is 6.72. The number of unbranched alkanes of at least 4 members (excludes halogenated alkanes) is 28. The molecule has 1 atom stereocenters. The summed E-state index contributed by atoms with van der Waals surface area (Å²) in [7, 11) is -3.96. The third-order valence-electron chi connectivity index (χ3n) is 9.93. The zero-order valence-electron chi connectivity index (χ0n) is 32.8. The van der Waals surface area contributed by atoms with Crippen LogP contribution in [0.5, 0.6) is 0 Å². The SMILES string of the molecule is CCCCCCCCCCCCCCCCN(CCCCCCCCCCCCCCCC)C(=O)C(C)NC(=O)CCCCCS(=O)(=O)O. The van der Waals surface area contributed by atoms with Crippen LogP contribution in [0.2, 0.25) is 0 Å². The van der Waals surface area contributed by atoms with Crippen molar-refractivity contribution < 1.29 is 22.6 Å². The predicted molar refractivity (Wildman–Crippen MR) is 210 cm³/mol. The van der Waals surface area contributed by atoms with Crippen molar-refractivity contribution in [1.82, 2.24) is 10.2 Å². The average Bonchev–Trinajstić information content (AvgIpc) is 3.06. The summed E-state index contributed by atoms with van der Waals surface area (Å²) < 4.78 is 30.6. The van der Waals surface area contributed by atoms with Gasteiger partial charge in [0.1, 0.15) is 6.04 Å². The molecule has 0 spiro atoms. The number of amides is 2. The highest BCUT2D eigenvalue weighted by Gasteiger charge is 2.21. The van der Waals surface area contributed by atoms with Gasteiger partial charge in [0.05, 0.1) is 5.75 Å². The van der Waals surface area contributed by atoms with Gasteiger partial charge >= 0.3 is 0 Å². The molecule has 0 fully saturated rings. The number of carbonyl (C=O) groups is 2. The van der Waals surface area contributed by atoms with Crippen LogP contribution in [-0.4, -0.2) is 54.6 Å². The maximum absolute atomic E-state index is 13.4. The smallest absolute Gasteiger partial charge is 0.264 e. The topological polar surface area (TPSA) is 104 Å². The summed E-state index contributed by atoms with van der Waals surface area (Å²) in [5, 5.41) is 2.87. The first-order chi connectivity index (χ1) is 23.7. The number of rotatable bonds is 38. The molecule has 0 saturated carbocycles. The van der Waals surface area contributed by atoms with Crippen molar-refractivity contribution in [3.8, 4) is 0 Å². The molecule has 0 aromatic carbocycles. The second-order valence-corrected chi connectivity index (χ2v) is 16.5. The molecule has 0 aromatic rings. The van der Waals surface area contributed by atoms with Gasteiger partial charge in [-0.2, -0.15) is 8.42 Å². The van der Waals surface area contributed by atoms with Crippen LogP contribution < -0.4 is 5.32 Å². The van der Waals surface area contributed by atoms with Crippen LogP contribution >= 0.6 is 0 Å². The Morgan fingerprint density at radius 3 is 1.14 bits per heavy atom. The minimum atomic E-state index is -3.96. The molecule has 1 unspecified atom stereocenters. The monoisotopic (exact) mass is 715 g/mol. The van der Waals surface area contributed by atoms with E-state index in [1.54, 1.807) is 6.92 Å². The summed E-state index contributed by atoms with van der Waals surface area (Å²) in [5.74, 6) is -0.457. The minimum Gasteiger partial charge on any atom is -0.345 e. The summed E-state index contributed by atoms with van der Waals surface area (Å²) in [6.07, 6.45) is 38.4. The van der Waals surface area contributed by atoms with E-state index in [-0.39, 0.29) is 24.0 Å². The molecule has 2 N–H and O–H groups in total. The van der Waals surface area contributed by atoms with Crippen LogP contribution in [0.3, 0.4) is 0 Å². The Hall–Kier alpha value is -1.15. The molecule has 0 aliphatic carbocycles. The van der Waals surface area contributed by atoms with Gasteiger partial charge in [0.2, 0.25) is 11.8 Å². The van der Waals surface area contributed by atoms with Gasteiger partial charge in [-0.25, -0.2) is 0 Å². The van der Waals surface area contributed by atoms with Gasteiger partial charge in [0.25, 0.3) is 10.1 Å². The van der Waals surface area contributed by atoms with Crippen LogP contribution in [0.25, 0.3) is 0 Å². The number of nitrogens with one attached hydrogen (secondary N) is 1. The lowest BCUT2D eigenvalue weighted by Crippen LogP contribution is -2.47. The van der Waals surface area contributed by atoms with Crippen LogP contribution in [-0.2, 0) is 19.7 Å². The van der Waals surface area contributed by atoms with E-state index in [9.17, 15) is 18.0 Å². The van der Waals surface area contributed by atoms with Gasteiger partial charge in [0.15, 0.2) is 0 Å². The summed E-state index contributed by atoms with van der Waals surface area (Å²) in [6.45, 7) is 7.83. The second-order valence-electron chi connectivity index (χ2n) is 14.9. The Morgan fingerprint density at radius 2 is 0.816 bits per heavy atom. The quantitative estimate of drug-likeness (QED) is 0.0489. The van der Waals surface area contributed by atoms with Crippen molar-refractivity contribution in [2.45, 2.75) is 232 Å². The number of nitrogens with zero attached hydrogens (tertiary/aromatic N) is 1. The van der Waals surface area contributed by atoms with Crippen LogP contribution in [0, 0.1) is 0 Å². The van der Waals surface area contributed by atoms with Crippen LogP contribution in [0.1, 0.15) is 226 Å². The van der Waals surface area contributed by atoms with Gasteiger partial charge in [-0.15, -0.1) is 0 Å². The number of hydrogen-bond acceptors (Lipinski definition) is 4. The summed E-state index contributed by atoms with van der Waals surface area (Å²) in [5.41, 5.74) is 0. The molecule has 0 saturated heterocycles. The van der Waals surface area contributed by atoms with Gasteiger partial charge in [-0.1, -0.05) is 187 Å². The Balaban J connectivity index is 4.36. The standard InChI is InChI=1S/C41H82N2O5S/c1-4-6-8-10-12-14-16-18-20-22-24-26-28-32-36-43(37-33-29-27-25-23-21-19-17-15-13-11-9-7-5-2)41(45)39(3)42-40(44)35-31-30-34-38-49(46,47)48/h39H,4-38H2,1-3H3,(H,42,44)(H,46,47,48). The van der Waals surface area contributed by atoms with Crippen LogP contribution in [0.15, 0.2) is 0 Å². The molecule has 7 nitrogen and oxygen atoms in total. The largest absolute Gasteiger partial charge is 0.345 e. The molecule has 0 rings (SSSR count). The number of carbonyl (C=O) groups excluding carboxylic acids is 2. The average molecular weight is 715 g/mol. The Kier molecular flexibility index (Phi) is 34.4. The molecule has 0 radical (unpaired) electrons. The third kappa shape index (κ3) is 35.1. The minimum absolute atomic E-state index is 0.00381. The molecule has 0 aliphatic rings. The summed E-state index contributed by atoms with van der Waals surface area (Å²) >= 11 is 0. The van der Waals surface area contributed by atoms with Crippen LogP contribution in [0.4, 0.5) is 0 Å².